The van der Waals surface area contributed by atoms with E-state index in [1.54, 1.807) is 7.11 Å². The zero-order valence-electron chi connectivity index (χ0n) is 12.7. The van der Waals surface area contributed by atoms with Crippen LogP contribution in [0.5, 0.6) is 5.75 Å². The number of carbonyl (C=O) groups is 1. The maximum atomic E-state index is 12.4. The Balaban J connectivity index is 0.00000220. The Kier molecular flexibility index (Phi) is 6.99. The van der Waals surface area contributed by atoms with Gasteiger partial charge in [-0.15, -0.1) is 12.4 Å². The molecule has 1 heterocycles. The van der Waals surface area contributed by atoms with E-state index >= 15 is 0 Å². The standard InChI is InChI=1S/C16H24N2O2.ClH/c1-3-6-14(17)16(19)18-10-5-9-15(18)12-7-4-8-13(11-12)20-2;/h4,7-8,11,14-15H,3,5-6,9-10,17H2,1-2H3;1H. The van der Waals surface area contributed by atoms with Gasteiger partial charge in [0.2, 0.25) is 5.91 Å². The first-order valence-electron chi connectivity index (χ1n) is 7.37. The van der Waals surface area contributed by atoms with E-state index in [4.69, 9.17) is 10.5 Å². The van der Waals surface area contributed by atoms with Crippen LogP contribution in [0.1, 0.15) is 44.2 Å². The molecule has 1 aromatic rings. The van der Waals surface area contributed by atoms with Gasteiger partial charge in [-0.2, -0.15) is 0 Å². The summed E-state index contributed by atoms with van der Waals surface area (Å²) in [5, 5.41) is 0. The molecule has 0 aliphatic carbocycles. The molecule has 1 saturated heterocycles. The van der Waals surface area contributed by atoms with Gasteiger partial charge >= 0.3 is 0 Å². The summed E-state index contributed by atoms with van der Waals surface area (Å²) < 4.78 is 5.27. The lowest BCUT2D eigenvalue weighted by atomic mass is 10.0. The van der Waals surface area contributed by atoms with E-state index < -0.39 is 0 Å². The molecule has 0 saturated carbocycles. The predicted octanol–water partition coefficient (Wildman–Crippen LogP) is 2.91. The van der Waals surface area contributed by atoms with Gasteiger partial charge in [0.05, 0.1) is 19.2 Å². The largest absolute Gasteiger partial charge is 0.497 e. The smallest absolute Gasteiger partial charge is 0.239 e. The van der Waals surface area contributed by atoms with Crippen LogP contribution in [-0.4, -0.2) is 30.5 Å². The quantitative estimate of drug-likeness (QED) is 0.909. The Morgan fingerprint density at radius 2 is 2.29 bits per heavy atom. The first-order valence-corrected chi connectivity index (χ1v) is 7.37. The number of nitrogens with two attached hydrogens (primary N) is 1. The molecular weight excluding hydrogens is 288 g/mol. The number of ether oxygens (including phenoxy) is 1. The highest BCUT2D eigenvalue weighted by atomic mass is 35.5. The van der Waals surface area contributed by atoms with Crippen molar-refractivity contribution in [2.45, 2.75) is 44.7 Å². The minimum absolute atomic E-state index is 0. The average molecular weight is 313 g/mol. The summed E-state index contributed by atoms with van der Waals surface area (Å²) in [6, 6.07) is 7.74. The van der Waals surface area contributed by atoms with E-state index in [1.807, 2.05) is 23.1 Å². The van der Waals surface area contributed by atoms with Gasteiger partial charge in [-0.3, -0.25) is 4.79 Å². The van der Waals surface area contributed by atoms with Crippen LogP contribution in [0, 0.1) is 0 Å². The summed E-state index contributed by atoms with van der Waals surface area (Å²) in [6.07, 6.45) is 3.72. The van der Waals surface area contributed by atoms with Crippen LogP contribution >= 0.6 is 12.4 Å². The Morgan fingerprint density at radius 3 is 2.95 bits per heavy atom. The first kappa shape index (κ1) is 17.8. The topological polar surface area (TPSA) is 55.6 Å². The number of likely N-dealkylation sites (tertiary alicyclic amines) is 1. The van der Waals surface area contributed by atoms with Crippen LogP contribution in [0.3, 0.4) is 0 Å². The zero-order valence-corrected chi connectivity index (χ0v) is 13.6. The minimum atomic E-state index is -0.369. The number of halogens is 1. The van der Waals surface area contributed by atoms with Crippen molar-refractivity contribution in [3.8, 4) is 5.75 Å². The normalized spacial score (nSPS) is 19.0. The lowest BCUT2D eigenvalue weighted by Crippen LogP contribution is -2.43. The molecular formula is C16H25ClN2O2. The molecule has 1 aliphatic heterocycles. The van der Waals surface area contributed by atoms with Crippen LogP contribution in [0.2, 0.25) is 0 Å². The molecule has 2 rings (SSSR count). The van der Waals surface area contributed by atoms with Crippen molar-refractivity contribution in [1.29, 1.82) is 0 Å². The molecule has 118 valence electrons. The summed E-state index contributed by atoms with van der Waals surface area (Å²) in [6.45, 7) is 2.86. The van der Waals surface area contributed by atoms with Gasteiger partial charge in [-0.25, -0.2) is 0 Å². The highest BCUT2D eigenvalue weighted by Gasteiger charge is 2.32. The summed E-state index contributed by atoms with van der Waals surface area (Å²) in [4.78, 5) is 14.4. The maximum absolute atomic E-state index is 12.4. The van der Waals surface area contributed by atoms with E-state index in [0.29, 0.717) is 0 Å². The predicted molar refractivity (Wildman–Crippen MR) is 86.8 cm³/mol. The number of amides is 1. The van der Waals surface area contributed by atoms with Gasteiger partial charge in [-0.1, -0.05) is 25.5 Å². The second kappa shape index (κ2) is 8.25. The highest BCUT2D eigenvalue weighted by molar-refractivity contribution is 5.85. The summed E-state index contributed by atoms with van der Waals surface area (Å²) >= 11 is 0. The maximum Gasteiger partial charge on any atom is 0.239 e. The first-order chi connectivity index (χ1) is 9.67. The fraction of sp³-hybridized carbons (Fsp3) is 0.562. The van der Waals surface area contributed by atoms with E-state index in [2.05, 4.69) is 13.0 Å². The number of hydrogen-bond acceptors (Lipinski definition) is 3. The van der Waals surface area contributed by atoms with Gasteiger partial charge in [0.15, 0.2) is 0 Å². The van der Waals surface area contributed by atoms with Crippen LogP contribution < -0.4 is 10.5 Å². The second-order valence-electron chi connectivity index (χ2n) is 5.36. The van der Waals surface area contributed by atoms with Crippen LogP contribution in [0.4, 0.5) is 0 Å². The van der Waals surface area contributed by atoms with E-state index in [1.165, 1.54) is 0 Å². The fourth-order valence-corrected chi connectivity index (χ4v) is 2.87. The summed E-state index contributed by atoms with van der Waals surface area (Å²) in [7, 11) is 1.66. The SMILES string of the molecule is CCCC(N)C(=O)N1CCCC1c1cccc(OC)c1.Cl. The Bertz CT molecular complexity index is 467. The van der Waals surface area contributed by atoms with E-state index in [-0.39, 0.29) is 30.4 Å². The molecule has 0 bridgehead atoms. The van der Waals surface area contributed by atoms with E-state index in [9.17, 15) is 4.79 Å². The number of benzene rings is 1. The molecule has 21 heavy (non-hydrogen) atoms. The molecule has 0 spiro atoms. The molecule has 5 heteroatoms. The van der Waals surface area contributed by atoms with Crippen molar-refractivity contribution >= 4 is 18.3 Å². The number of rotatable bonds is 5. The Morgan fingerprint density at radius 1 is 1.52 bits per heavy atom. The fourth-order valence-electron chi connectivity index (χ4n) is 2.87. The van der Waals surface area contributed by atoms with Crippen molar-refractivity contribution in [3.63, 3.8) is 0 Å². The average Bonchev–Trinajstić information content (AvgIpc) is 2.96. The molecule has 0 aromatic heterocycles. The van der Waals surface area contributed by atoms with Crippen molar-refractivity contribution in [1.82, 2.24) is 4.90 Å². The lowest BCUT2D eigenvalue weighted by Gasteiger charge is -2.28. The molecule has 1 aromatic carbocycles. The number of carbonyl (C=O) groups excluding carboxylic acids is 1. The third-order valence-electron chi connectivity index (χ3n) is 3.93. The molecule has 2 unspecified atom stereocenters. The Hall–Kier alpha value is -1.26. The third-order valence-corrected chi connectivity index (χ3v) is 3.93. The van der Waals surface area contributed by atoms with E-state index in [0.717, 1.165) is 43.5 Å². The number of nitrogens with zero attached hydrogens (tertiary/aromatic N) is 1. The minimum Gasteiger partial charge on any atom is -0.497 e. The molecule has 1 amide bonds. The third kappa shape index (κ3) is 4.11. The number of methoxy groups -OCH3 is 1. The molecule has 0 radical (unpaired) electrons. The van der Waals surface area contributed by atoms with Crippen molar-refractivity contribution in [3.05, 3.63) is 29.8 Å². The molecule has 2 atom stereocenters. The summed E-state index contributed by atoms with van der Waals surface area (Å²) in [5.74, 6) is 0.914. The summed E-state index contributed by atoms with van der Waals surface area (Å²) in [5.41, 5.74) is 7.13. The molecule has 4 nitrogen and oxygen atoms in total. The van der Waals surface area contributed by atoms with Crippen molar-refractivity contribution in [2.24, 2.45) is 5.73 Å². The lowest BCUT2D eigenvalue weighted by molar-refractivity contribution is -0.133. The molecule has 1 aliphatic rings. The van der Waals surface area contributed by atoms with Gasteiger partial charge in [0.1, 0.15) is 5.75 Å². The molecule has 1 fully saturated rings. The van der Waals surface area contributed by atoms with Gasteiger partial charge in [-0.05, 0) is 37.0 Å². The van der Waals surface area contributed by atoms with Gasteiger partial charge in [0.25, 0.3) is 0 Å². The van der Waals surface area contributed by atoms with Crippen LogP contribution in [0.15, 0.2) is 24.3 Å². The van der Waals surface area contributed by atoms with Gasteiger partial charge < -0.3 is 15.4 Å². The monoisotopic (exact) mass is 312 g/mol. The zero-order chi connectivity index (χ0) is 14.5. The van der Waals surface area contributed by atoms with Crippen LogP contribution in [-0.2, 0) is 4.79 Å². The van der Waals surface area contributed by atoms with Crippen LogP contribution in [0.25, 0.3) is 0 Å². The highest BCUT2D eigenvalue weighted by Crippen LogP contribution is 2.33. The molecule has 2 N–H and O–H groups in total. The Labute approximate surface area is 133 Å². The second-order valence-corrected chi connectivity index (χ2v) is 5.36. The van der Waals surface area contributed by atoms with Crippen molar-refractivity contribution < 1.29 is 9.53 Å². The van der Waals surface area contributed by atoms with Crippen molar-refractivity contribution in [2.75, 3.05) is 13.7 Å². The number of hydrogen-bond donors (Lipinski definition) is 1. The van der Waals surface area contributed by atoms with Gasteiger partial charge in [0, 0.05) is 6.54 Å².